The maximum atomic E-state index is 12.8. The van der Waals surface area contributed by atoms with Crippen molar-refractivity contribution in [3.8, 4) is 0 Å². The average molecular weight is 698 g/mol. The maximum absolute atomic E-state index is 12.8. The number of ketones is 2. The number of rotatable bonds is 14. The first-order valence-corrected chi connectivity index (χ1v) is 18.5. The number of aliphatic hydroxyl groups excluding tert-OH is 1. The van der Waals surface area contributed by atoms with Gasteiger partial charge in [0.05, 0.1) is 29.2 Å². The molecule has 10 atom stereocenters. The zero-order chi connectivity index (χ0) is 36.4. The molecule has 1 amide bonds. The normalized spacial score (nSPS) is 33.7. The lowest BCUT2D eigenvalue weighted by molar-refractivity contribution is -0.385. The number of amides is 1. The number of nitro groups is 1. The van der Waals surface area contributed by atoms with Crippen molar-refractivity contribution < 1.29 is 38.8 Å². The molecule has 0 heterocycles. The Labute approximate surface area is 294 Å². The highest BCUT2D eigenvalue weighted by Crippen LogP contribution is 2.68. The van der Waals surface area contributed by atoms with Crippen LogP contribution < -0.4 is 10.8 Å². The molecular weight excluding hydrogens is 642 g/mol. The minimum atomic E-state index is -0.564. The second-order valence-corrected chi connectivity index (χ2v) is 16.0. The number of nitrogens with one attached hydrogen (secondary N) is 2. The van der Waals surface area contributed by atoms with Crippen molar-refractivity contribution in [3.05, 3.63) is 39.4 Å². The summed E-state index contributed by atoms with van der Waals surface area (Å²) in [4.78, 5) is 64.9. The quantitative estimate of drug-likeness (QED) is 0.0977. The van der Waals surface area contributed by atoms with Crippen LogP contribution in [0.4, 0.5) is 5.69 Å². The van der Waals surface area contributed by atoms with E-state index < -0.39 is 28.4 Å². The molecule has 0 saturated heterocycles. The smallest absolute Gasteiger partial charge is 0.306 e. The standard InChI is InChI=1S/C38H55N3O9/c1-6-39-36(46)24-8-9-25(31(17-24)41(47)48)21-49-34(45)12-7-22(2)28-10-11-29-35-30(14-16-38(28,29)5)37(4)15-13-27(18-26(37)19-32(35)43)50-40-20-33(44)23(3)42/h8-9,17,22,26-30,32,35,40,43H,6-7,10-16,18-21H2,1-5H3,(H,39,46)/t22-,26-,27+,28?,29?,30?,32+,35?,37-,38+/m0/s1. The van der Waals surface area contributed by atoms with Crippen LogP contribution in [0, 0.1) is 56.5 Å². The molecule has 4 aliphatic carbocycles. The van der Waals surface area contributed by atoms with E-state index in [1.54, 1.807) is 6.92 Å². The summed E-state index contributed by atoms with van der Waals surface area (Å²) in [5.74, 6) is 0.352. The number of esters is 1. The van der Waals surface area contributed by atoms with Crippen LogP contribution in [0.15, 0.2) is 18.2 Å². The van der Waals surface area contributed by atoms with Crippen molar-refractivity contribution in [1.82, 2.24) is 10.8 Å². The number of carbonyl (C=O) groups is 4. The van der Waals surface area contributed by atoms with E-state index >= 15 is 0 Å². The van der Waals surface area contributed by atoms with Crippen LogP contribution in [0.5, 0.6) is 0 Å². The van der Waals surface area contributed by atoms with Crippen molar-refractivity contribution in [1.29, 1.82) is 0 Å². The van der Waals surface area contributed by atoms with Gasteiger partial charge in [0.2, 0.25) is 5.78 Å². The van der Waals surface area contributed by atoms with Crippen molar-refractivity contribution in [2.45, 2.75) is 118 Å². The number of nitrogens with zero attached hydrogens (tertiary/aromatic N) is 1. The lowest BCUT2D eigenvalue weighted by Gasteiger charge is -2.62. The van der Waals surface area contributed by atoms with Gasteiger partial charge in [-0.15, -0.1) is 0 Å². The molecule has 1 aromatic carbocycles. The Kier molecular flexibility index (Phi) is 11.8. The van der Waals surface area contributed by atoms with E-state index in [0.717, 1.165) is 51.4 Å². The summed E-state index contributed by atoms with van der Waals surface area (Å²) in [5.41, 5.74) is 3.08. The van der Waals surface area contributed by atoms with Gasteiger partial charge in [-0.1, -0.05) is 20.8 Å². The Morgan fingerprint density at radius 1 is 1.06 bits per heavy atom. The fourth-order valence-corrected chi connectivity index (χ4v) is 10.7. The number of benzene rings is 1. The average Bonchev–Trinajstić information content (AvgIpc) is 3.43. The second-order valence-electron chi connectivity index (χ2n) is 16.0. The zero-order valence-electron chi connectivity index (χ0n) is 30.2. The van der Waals surface area contributed by atoms with Gasteiger partial charge < -0.3 is 15.2 Å². The number of ether oxygens (including phenoxy) is 1. The highest BCUT2D eigenvalue weighted by Gasteiger charge is 2.63. The third-order valence-electron chi connectivity index (χ3n) is 13.3. The van der Waals surface area contributed by atoms with Gasteiger partial charge in [-0.05, 0) is 123 Å². The van der Waals surface area contributed by atoms with Gasteiger partial charge in [0, 0.05) is 31.5 Å². The highest BCUT2D eigenvalue weighted by atomic mass is 16.7. The summed E-state index contributed by atoms with van der Waals surface area (Å²) in [6.07, 6.45) is 8.21. The molecule has 3 N–H and O–H groups in total. The van der Waals surface area contributed by atoms with Crippen LogP contribution in [-0.2, 0) is 30.6 Å². The van der Waals surface area contributed by atoms with Gasteiger partial charge in [0.1, 0.15) is 6.61 Å². The van der Waals surface area contributed by atoms with Crippen LogP contribution >= 0.6 is 0 Å². The molecule has 12 heteroatoms. The maximum Gasteiger partial charge on any atom is 0.306 e. The summed E-state index contributed by atoms with van der Waals surface area (Å²) in [7, 11) is 0. The van der Waals surface area contributed by atoms with E-state index in [2.05, 4.69) is 31.6 Å². The third-order valence-corrected chi connectivity index (χ3v) is 13.3. The number of aliphatic hydroxyl groups is 1. The molecule has 4 unspecified atom stereocenters. The van der Waals surface area contributed by atoms with Crippen molar-refractivity contribution >= 4 is 29.1 Å². The highest BCUT2D eigenvalue weighted by molar-refractivity contribution is 6.37. The van der Waals surface area contributed by atoms with Gasteiger partial charge in [-0.3, -0.25) is 34.1 Å². The van der Waals surface area contributed by atoms with Gasteiger partial charge in [0.15, 0.2) is 5.78 Å². The summed E-state index contributed by atoms with van der Waals surface area (Å²) in [6, 6.07) is 4.18. The van der Waals surface area contributed by atoms with E-state index in [-0.39, 0.29) is 71.3 Å². The van der Waals surface area contributed by atoms with E-state index in [9.17, 15) is 34.4 Å². The molecule has 0 spiro atoms. The molecule has 50 heavy (non-hydrogen) atoms. The van der Waals surface area contributed by atoms with Gasteiger partial charge in [0.25, 0.3) is 11.6 Å². The molecule has 276 valence electrons. The molecule has 0 aromatic heterocycles. The van der Waals surface area contributed by atoms with E-state index in [0.29, 0.717) is 36.6 Å². The van der Waals surface area contributed by atoms with E-state index in [1.807, 2.05) is 0 Å². The molecule has 0 radical (unpaired) electrons. The lowest BCUT2D eigenvalue weighted by Crippen LogP contribution is -2.59. The fourth-order valence-electron chi connectivity index (χ4n) is 10.7. The van der Waals surface area contributed by atoms with E-state index in [4.69, 9.17) is 9.57 Å². The molecule has 5 rings (SSSR count). The number of hydrogen-bond acceptors (Lipinski definition) is 10. The van der Waals surface area contributed by atoms with Crippen LogP contribution in [0.3, 0.4) is 0 Å². The van der Waals surface area contributed by atoms with Crippen LogP contribution in [0.1, 0.15) is 115 Å². The molecular formula is C38H55N3O9. The number of Topliss-reactive ketones (excluding diaryl/α,β-unsaturated/α-hetero) is 2. The number of hydrogen-bond donors (Lipinski definition) is 3. The molecule has 0 aliphatic heterocycles. The monoisotopic (exact) mass is 697 g/mol. The number of hydroxylamine groups is 1. The number of carbonyl (C=O) groups excluding carboxylic acids is 4. The first-order chi connectivity index (χ1) is 23.7. The fraction of sp³-hybridized carbons (Fsp3) is 0.737. The SMILES string of the molecule is CCNC(=O)c1ccc(COC(=O)CC[C@H](C)C2CCC3C4C(CC[C@@]32C)[C@@]2(C)CC[C@@H](ONCC(=O)C(C)=O)C[C@H]2C[C@H]4O)c([N+](=O)[O-])c1. The lowest BCUT2D eigenvalue weighted by atomic mass is 9.43. The minimum Gasteiger partial charge on any atom is -0.461 e. The first kappa shape index (κ1) is 38.0. The predicted octanol–water partition coefficient (Wildman–Crippen LogP) is 5.48. The number of fused-ring (bicyclic) bond motifs is 5. The first-order valence-electron chi connectivity index (χ1n) is 18.5. The van der Waals surface area contributed by atoms with Crippen molar-refractivity contribution in [3.63, 3.8) is 0 Å². The van der Waals surface area contributed by atoms with Crippen LogP contribution in [0.2, 0.25) is 0 Å². The van der Waals surface area contributed by atoms with E-state index in [1.165, 1.54) is 25.1 Å². The Bertz CT molecular complexity index is 1470. The molecule has 12 nitrogen and oxygen atoms in total. The van der Waals surface area contributed by atoms with Gasteiger partial charge in [-0.25, -0.2) is 0 Å². The zero-order valence-corrected chi connectivity index (χ0v) is 30.2. The van der Waals surface area contributed by atoms with Crippen LogP contribution in [0.25, 0.3) is 0 Å². The Morgan fingerprint density at radius 3 is 2.48 bits per heavy atom. The van der Waals surface area contributed by atoms with Crippen molar-refractivity contribution in [2.24, 2.45) is 46.3 Å². The Morgan fingerprint density at radius 2 is 1.78 bits per heavy atom. The minimum absolute atomic E-state index is 0.0525. The summed E-state index contributed by atoms with van der Waals surface area (Å²) in [6.45, 7) is 10.1. The molecule has 1 aromatic rings. The Balaban J connectivity index is 1.15. The second kappa shape index (κ2) is 15.6. The molecule has 4 fully saturated rings. The summed E-state index contributed by atoms with van der Waals surface area (Å²) < 4.78 is 5.49. The largest absolute Gasteiger partial charge is 0.461 e. The van der Waals surface area contributed by atoms with Gasteiger partial charge in [-0.2, -0.15) is 5.48 Å². The van der Waals surface area contributed by atoms with Crippen molar-refractivity contribution in [2.75, 3.05) is 13.1 Å². The number of nitro benzene ring substituents is 1. The van der Waals surface area contributed by atoms with Gasteiger partial charge >= 0.3 is 5.97 Å². The van der Waals surface area contributed by atoms with Crippen LogP contribution in [-0.4, -0.2) is 58.8 Å². The molecule has 4 saturated carbocycles. The topological polar surface area (TPSA) is 174 Å². The molecule has 4 aliphatic rings. The summed E-state index contributed by atoms with van der Waals surface area (Å²) >= 11 is 0. The third kappa shape index (κ3) is 7.67. The predicted molar refractivity (Wildman–Crippen MR) is 184 cm³/mol. The molecule has 0 bridgehead atoms. The Hall–Kier alpha value is -3.22. The summed E-state index contributed by atoms with van der Waals surface area (Å²) in [5, 5.41) is 26.0.